The Morgan fingerprint density at radius 2 is 0.848 bits per heavy atom. The summed E-state index contributed by atoms with van der Waals surface area (Å²) in [6, 6.07) is 82.9. The van der Waals surface area contributed by atoms with Gasteiger partial charge in [0.2, 0.25) is 0 Å². The molecule has 0 unspecified atom stereocenters. The molecule has 0 fully saturated rings. The average molecular weight is 842 g/mol. The Morgan fingerprint density at radius 3 is 1.55 bits per heavy atom. The topological polar surface area (TPSA) is 16.4 Å². The molecule has 2 heteroatoms. The van der Waals surface area contributed by atoms with Crippen LogP contribution in [0.25, 0.3) is 77.6 Å². The van der Waals surface area contributed by atoms with Gasteiger partial charge in [0.05, 0.1) is 11.1 Å². The second kappa shape index (κ2) is 13.7. The van der Waals surface area contributed by atoms with Gasteiger partial charge in [-0.2, -0.15) is 0 Å². The van der Waals surface area contributed by atoms with Crippen molar-refractivity contribution in [3.63, 3.8) is 0 Å². The maximum atomic E-state index is 6.77. The van der Waals surface area contributed by atoms with E-state index in [-0.39, 0.29) is 10.8 Å². The minimum Gasteiger partial charge on any atom is -0.454 e. The number of rotatable bonds is 5. The van der Waals surface area contributed by atoms with Crippen LogP contribution in [0, 0.1) is 0 Å². The Labute approximate surface area is 384 Å². The van der Waals surface area contributed by atoms with E-state index in [9.17, 15) is 0 Å². The lowest BCUT2D eigenvalue weighted by Crippen LogP contribution is -2.26. The van der Waals surface area contributed by atoms with E-state index in [0.29, 0.717) is 0 Å². The van der Waals surface area contributed by atoms with Crippen LogP contribution in [0.15, 0.2) is 229 Å². The minimum atomic E-state index is -0.390. The third-order valence-electron chi connectivity index (χ3n) is 15.1. The fourth-order valence-corrected chi connectivity index (χ4v) is 12.2. The molecule has 66 heavy (non-hydrogen) atoms. The number of furan rings is 1. The van der Waals surface area contributed by atoms with Gasteiger partial charge in [0.15, 0.2) is 5.58 Å². The zero-order valence-corrected chi connectivity index (χ0v) is 36.7. The zero-order valence-electron chi connectivity index (χ0n) is 36.7. The first kappa shape index (κ1) is 37.2. The third-order valence-corrected chi connectivity index (χ3v) is 15.1. The normalized spacial score (nSPS) is 14.2. The molecule has 0 aliphatic heterocycles. The van der Waals surface area contributed by atoms with E-state index in [2.05, 4.69) is 243 Å². The lowest BCUT2D eigenvalue weighted by atomic mass is 9.70. The van der Waals surface area contributed by atoms with Crippen molar-refractivity contribution in [1.29, 1.82) is 0 Å². The number of hydrogen-bond donors (Lipinski definition) is 0. The van der Waals surface area contributed by atoms with Gasteiger partial charge in [-0.15, -0.1) is 0 Å². The van der Waals surface area contributed by atoms with E-state index in [4.69, 9.17) is 4.42 Å². The van der Waals surface area contributed by atoms with Crippen molar-refractivity contribution in [1.82, 2.24) is 0 Å². The monoisotopic (exact) mass is 841 g/mol. The molecule has 0 atom stereocenters. The first-order chi connectivity index (χ1) is 32.5. The molecule has 0 radical (unpaired) electrons. The van der Waals surface area contributed by atoms with E-state index in [1.165, 1.54) is 89.0 Å². The average Bonchev–Trinajstić information content (AvgIpc) is 4.07. The van der Waals surface area contributed by atoms with Crippen LogP contribution in [0.1, 0.15) is 47.2 Å². The molecule has 0 N–H and O–H groups in total. The van der Waals surface area contributed by atoms with Crippen molar-refractivity contribution >= 4 is 39.0 Å². The smallest absolute Gasteiger partial charge is 0.159 e. The molecule has 1 aromatic heterocycles. The predicted molar refractivity (Wildman–Crippen MR) is 273 cm³/mol. The van der Waals surface area contributed by atoms with Gasteiger partial charge in [0, 0.05) is 27.6 Å². The largest absolute Gasteiger partial charge is 0.454 e. The van der Waals surface area contributed by atoms with Crippen molar-refractivity contribution in [3.8, 4) is 55.6 Å². The SMILES string of the molecule is CC1(C)c2cc(N(c3ccc(-c4ccc(-c5ccccc5)cc4)cc3)c3cccc4c3oc3ccccc34)ccc2-c2c1ccc1c2-c2ccccc2C12c1ccccc1-c1ccccc12. The molecule has 0 saturated carbocycles. The van der Waals surface area contributed by atoms with Gasteiger partial charge < -0.3 is 9.32 Å². The molecule has 0 saturated heterocycles. The van der Waals surface area contributed by atoms with Crippen LogP contribution in [0.5, 0.6) is 0 Å². The number of benzene rings is 10. The predicted octanol–water partition coefficient (Wildman–Crippen LogP) is 17.0. The molecule has 1 spiro atoms. The Hall–Kier alpha value is -8.20. The lowest BCUT2D eigenvalue weighted by Gasteiger charge is -2.31. The van der Waals surface area contributed by atoms with Crippen LogP contribution in [-0.4, -0.2) is 0 Å². The summed E-state index contributed by atoms with van der Waals surface area (Å²) < 4.78 is 6.77. The highest BCUT2D eigenvalue weighted by Crippen LogP contribution is 2.66. The first-order valence-corrected chi connectivity index (χ1v) is 23.1. The van der Waals surface area contributed by atoms with Crippen LogP contribution in [0.4, 0.5) is 17.1 Å². The molecular weight excluding hydrogens is 799 g/mol. The van der Waals surface area contributed by atoms with Crippen LogP contribution < -0.4 is 4.90 Å². The molecule has 1 heterocycles. The standard InChI is InChI=1S/C64H43NO/c1-63(2)55-37-38-56-61(50-20-8-12-24-54(50)64(56)52-22-10-6-17-46(52)47-18-7-11-23-53(47)64)60(55)51-36-35-45(39-57(51)63)65(58-25-14-21-49-48-19-9-13-26-59(48)66-62(49)58)44-33-31-43(32-34-44)42-29-27-41(28-30-42)40-15-4-3-5-16-40/h3-39H,1-2H3. The van der Waals surface area contributed by atoms with E-state index in [0.717, 1.165) is 39.0 Å². The third kappa shape index (κ3) is 4.96. The Kier molecular flexibility index (Phi) is 7.70. The van der Waals surface area contributed by atoms with Gasteiger partial charge >= 0.3 is 0 Å². The summed E-state index contributed by atoms with van der Waals surface area (Å²) in [6.45, 7) is 4.82. The second-order valence-electron chi connectivity index (χ2n) is 18.7. The molecule has 10 aromatic carbocycles. The summed E-state index contributed by atoms with van der Waals surface area (Å²) in [6.07, 6.45) is 0. The van der Waals surface area contributed by atoms with Crippen LogP contribution >= 0.6 is 0 Å². The summed E-state index contributed by atoms with van der Waals surface area (Å²) in [4.78, 5) is 2.40. The van der Waals surface area contributed by atoms with Crippen molar-refractivity contribution in [2.45, 2.75) is 24.7 Å². The van der Waals surface area contributed by atoms with Crippen LogP contribution in [0.2, 0.25) is 0 Å². The molecular formula is C64H43NO. The molecule has 14 rings (SSSR count). The number of nitrogens with zero attached hydrogens (tertiary/aromatic N) is 1. The molecule has 3 aliphatic rings. The van der Waals surface area contributed by atoms with Gasteiger partial charge in [0.1, 0.15) is 5.58 Å². The van der Waals surface area contributed by atoms with Crippen LogP contribution in [-0.2, 0) is 10.8 Å². The molecule has 3 aliphatic carbocycles. The zero-order chi connectivity index (χ0) is 43.7. The van der Waals surface area contributed by atoms with Gasteiger partial charge in [-0.1, -0.05) is 202 Å². The molecule has 2 nitrogen and oxygen atoms in total. The highest BCUT2D eigenvalue weighted by atomic mass is 16.3. The Balaban J connectivity index is 0.946. The van der Waals surface area contributed by atoms with Crippen molar-refractivity contribution in [3.05, 3.63) is 258 Å². The van der Waals surface area contributed by atoms with Crippen LogP contribution in [0.3, 0.4) is 0 Å². The lowest BCUT2D eigenvalue weighted by molar-refractivity contribution is 0.659. The number of para-hydroxylation sites is 2. The maximum Gasteiger partial charge on any atom is 0.159 e. The van der Waals surface area contributed by atoms with E-state index >= 15 is 0 Å². The van der Waals surface area contributed by atoms with E-state index in [1.54, 1.807) is 0 Å². The van der Waals surface area contributed by atoms with Gasteiger partial charge in [-0.25, -0.2) is 0 Å². The first-order valence-electron chi connectivity index (χ1n) is 23.1. The van der Waals surface area contributed by atoms with Gasteiger partial charge in [0.25, 0.3) is 0 Å². The van der Waals surface area contributed by atoms with Gasteiger partial charge in [-0.3, -0.25) is 0 Å². The fraction of sp³-hybridized carbons (Fsp3) is 0.0625. The molecule has 310 valence electrons. The van der Waals surface area contributed by atoms with E-state index in [1.807, 2.05) is 0 Å². The van der Waals surface area contributed by atoms with Crippen molar-refractivity contribution in [2.24, 2.45) is 0 Å². The second-order valence-corrected chi connectivity index (χ2v) is 18.7. The molecule has 0 amide bonds. The summed E-state index contributed by atoms with van der Waals surface area (Å²) in [7, 11) is 0. The van der Waals surface area contributed by atoms with E-state index < -0.39 is 0 Å². The maximum absolute atomic E-state index is 6.77. The number of hydrogen-bond acceptors (Lipinski definition) is 2. The summed E-state index contributed by atoms with van der Waals surface area (Å²) >= 11 is 0. The molecule has 0 bridgehead atoms. The van der Waals surface area contributed by atoms with Crippen molar-refractivity contribution in [2.75, 3.05) is 4.90 Å². The quantitative estimate of drug-likeness (QED) is 0.172. The van der Waals surface area contributed by atoms with Gasteiger partial charge in [-0.05, 0) is 125 Å². The highest BCUT2D eigenvalue weighted by molar-refractivity contribution is 6.11. The summed E-state index contributed by atoms with van der Waals surface area (Å²) in [5.74, 6) is 0. The Bertz CT molecular complexity index is 3730. The highest BCUT2D eigenvalue weighted by Gasteiger charge is 2.53. The summed E-state index contributed by atoms with van der Waals surface area (Å²) in [5.41, 5.74) is 25.3. The fourth-order valence-electron chi connectivity index (χ4n) is 12.2. The summed E-state index contributed by atoms with van der Waals surface area (Å²) in [5, 5.41) is 2.23. The number of fused-ring (bicyclic) bond motifs is 17. The molecule has 11 aromatic rings. The number of anilines is 3. The minimum absolute atomic E-state index is 0.265. The Morgan fingerprint density at radius 1 is 0.348 bits per heavy atom. The van der Waals surface area contributed by atoms with Crippen molar-refractivity contribution < 1.29 is 4.42 Å².